The number of methoxy groups -OCH3 is 1. The molecule has 96 valence electrons. The molecule has 0 aliphatic carbocycles. The van der Waals surface area contributed by atoms with Gasteiger partial charge in [-0.15, -0.1) is 11.6 Å². The largest absolute Gasteiger partial charge is 0.496 e. The topological polar surface area (TPSA) is 12.5 Å². The van der Waals surface area contributed by atoms with Gasteiger partial charge in [-0.25, -0.2) is 8.78 Å². The average Bonchev–Trinajstić information content (AvgIpc) is 2.29. The van der Waals surface area contributed by atoms with E-state index in [-0.39, 0.29) is 6.54 Å². The van der Waals surface area contributed by atoms with Crippen LogP contribution in [0.25, 0.3) is 0 Å². The summed E-state index contributed by atoms with van der Waals surface area (Å²) >= 11 is 5.60. The first-order valence-corrected chi connectivity index (χ1v) is 5.89. The van der Waals surface area contributed by atoms with E-state index in [1.54, 1.807) is 12.0 Å². The van der Waals surface area contributed by atoms with Crippen LogP contribution in [-0.4, -0.2) is 37.4 Å². The molecule has 2 nitrogen and oxygen atoms in total. The Hall–Kier alpha value is -0.870. The molecule has 1 aromatic carbocycles. The van der Waals surface area contributed by atoms with Crippen LogP contribution in [0.3, 0.4) is 0 Å². The van der Waals surface area contributed by atoms with E-state index in [0.717, 1.165) is 5.56 Å². The van der Waals surface area contributed by atoms with Crippen molar-refractivity contribution in [2.24, 2.45) is 0 Å². The Morgan fingerprint density at radius 2 is 2.06 bits per heavy atom. The summed E-state index contributed by atoms with van der Waals surface area (Å²) < 4.78 is 29.9. The molecule has 0 aliphatic rings. The Kier molecular flexibility index (Phi) is 6.22. The predicted molar refractivity (Wildman–Crippen MR) is 65.0 cm³/mol. The second-order valence-corrected chi connectivity index (χ2v) is 4.00. The summed E-state index contributed by atoms with van der Waals surface area (Å²) in [5.41, 5.74) is 0.890. The molecule has 0 bridgehead atoms. The number of benzene rings is 1. The maximum Gasteiger partial charge on any atom is 0.251 e. The number of nitrogens with zero attached hydrogens (tertiary/aromatic N) is 1. The van der Waals surface area contributed by atoms with Gasteiger partial charge in [-0.05, 0) is 6.07 Å². The first kappa shape index (κ1) is 14.2. The third-order valence-corrected chi connectivity index (χ3v) is 2.55. The van der Waals surface area contributed by atoms with Crippen LogP contribution in [-0.2, 0) is 6.54 Å². The van der Waals surface area contributed by atoms with E-state index in [2.05, 4.69) is 0 Å². The number of ether oxygens (including phenoxy) is 1. The highest BCUT2D eigenvalue weighted by molar-refractivity contribution is 6.18. The van der Waals surface area contributed by atoms with Crippen LogP contribution in [0.2, 0.25) is 0 Å². The molecule has 0 spiro atoms. The fourth-order valence-electron chi connectivity index (χ4n) is 1.62. The minimum Gasteiger partial charge on any atom is -0.496 e. The molecule has 0 atom stereocenters. The first-order chi connectivity index (χ1) is 8.17. The lowest BCUT2D eigenvalue weighted by atomic mass is 10.2. The van der Waals surface area contributed by atoms with Crippen LogP contribution >= 0.6 is 11.6 Å². The van der Waals surface area contributed by atoms with Crippen LogP contribution in [0, 0.1) is 0 Å². The summed E-state index contributed by atoms with van der Waals surface area (Å²) in [6, 6.07) is 7.39. The Labute approximate surface area is 105 Å². The van der Waals surface area contributed by atoms with Gasteiger partial charge in [0.25, 0.3) is 6.43 Å². The second-order valence-electron chi connectivity index (χ2n) is 3.63. The van der Waals surface area contributed by atoms with E-state index in [0.29, 0.717) is 24.7 Å². The quantitative estimate of drug-likeness (QED) is 0.701. The van der Waals surface area contributed by atoms with Crippen molar-refractivity contribution in [2.75, 3.05) is 26.1 Å². The van der Waals surface area contributed by atoms with E-state index >= 15 is 0 Å². The van der Waals surface area contributed by atoms with Crippen LogP contribution in [0.15, 0.2) is 24.3 Å². The summed E-state index contributed by atoms with van der Waals surface area (Å²) in [4.78, 5) is 1.62. The van der Waals surface area contributed by atoms with Gasteiger partial charge < -0.3 is 4.74 Å². The molecule has 1 aromatic rings. The highest BCUT2D eigenvalue weighted by Gasteiger charge is 2.13. The highest BCUT2D eigenvalue weighted by Crippen LogP contribution is 2.19. The van der Waals surface area contributed by atoms with Gasteiger partial charge in [0, 0.05) is 24.5 Å². The molecule has 5 heteroatoms. The molecule has 0 unspecified atom stereocenters. The fourth-order valence-corrected chi connectivity index (χ4v) is 1.86. The number of hydrogen-bond acceptors (Lipinski definition) is 2. The molecule has 0 radical (unpaired) electrons. The standard InChI is InChI=1S/C12H16ClF2NO/c1-17-11-5-3-2-4-10(11)8-16(7-6-13)9-12(14)15/h2-5,12H,6-9H2,1H3. The third kappa shape index (κ3) is 4.88. The molecule has 0 heterocycles. The molecule has 0 amide bonds. The van der Waals surface area contributed by atoms with Crippen molar-refractivity contribution in [1.82, 2.24) is 4.90 Å². The molecule has 0 aliphatic heterocycles. The summed E-state index contributed by atoms with van der Waals surface area (Å²) in [6.07, 6.45) is -2.35. The van der Waals surface area contributed by atoms with E-state index in [1.807, 2.05) is 24.3 Å². The van der Waals surface area contributed by atoms with Crippen LogP contribution in [0.4, 0.5) is 8.78 Å². The lowest BCUT2D eigenvalue weighted by molar-refractivity contribution is 0.0874. The monoisotopic (exact) mass is 263 g/mol. The molecule has 0 saturated carbocycles. The van der Waals surface area contributed by atoms with Crippen molar-refractivity contribution in [3.05, 3.63) is 29.8 Å². The summed E-state index contributed by atoms with van der Waals surface area (Å²) in [5.74, 6) is 1.04. The van der Waals surface area contributed by atoms with Crippen molar-refractivity contribution in [1.29, 1.82) is 0 Å². The number of rotatable bonds is 7. The minimum absolute atomic E-state index is 0.273. The molecular weight excluding hydrogens is 248 g/mol. The molecule has 0 saturated heterocycles. The lowest BCUT2D eigenvalue weighted by Crippen LogP contribution is -2.30. The Balaban J connectivity index is 2.70. The number of para-hydroxylation sites is 1. The summed E-state index contributed by atoms with van der Waals surface area (Å²) in [5, 5.41) is 0. The van der Waals surface area contributed by atoms with E-state index in [9.17, 15) is 8.78 Å². The first-order valence-electron chi connectivity index (χ1n) is 5.35. The van der Waals surface area contributed by atoms with Crippen molar-refractivity contribution in [2.45, 2.75) is 13.0 Å². The van der Waals surface area contributed by atoms with Crippen LogP contribution < -0.4 is 4.74 Å². The maximum atomic E-state index is 12.4. The molecule has 17 heavy (non-hydrogen) atoms. The Bertz CT molecular complexity index is 336. The number of alkyl halides is 3. The van der Waals surface area contributed by atoms with Crippen LogP contribution in [0.1, 0.15) is 5.56 Å². The molecular formula is C12H16ClF2NO. The van der Waals surface area contributed by atoms with Gasteiger partial charge in [0.1, 0.15) is 5.75 Å². The van der Waals surface area contributed by atoms with Crippen molar-refractivity contribution in [3.8, 4) is 5.75 Å². The van der Waals surface area contributed by atoms with Crippen molar-refractivity contribution in [3.63, 3.8) is 0 Å². The fraction of sp³-hybridized carbons (Fsp3) is 0.500. The van der Waals surface area contributed by atoms with Gasteiger partial charge in [-0.2, -0.15) is 0 Å². The number of hydrogen-bond donors (Lipinski definition) is 0. The smallest absolute Gasteiger partial charge is 0.251 e. The lowest BCUT2D eigenvalue weighted by Gasteiger charge is -2.21. The van der Waals surface area contributed by atoms with E-state index in [1.165, 1.54) is 0 Å². The molecule has 0 fully saturated rings. The highest BCUT2D eigenvalue weighted by atomic mass is 35.5. The molecule has 0 N–H and O–H groups in total. The van der Waals surface area contributed by atoms with Crippen molar-refractivity contribution >= 4 is 11.6 Å². The second kappa shape index (κ2) is 7.45. The van der Waals surface area contributed by atoms with Gasteiger partial charge in [-0.3, -0.25) is 4.90 Å². The number of halogens is 3. The van der Waals surface area contributed by atoms with Gasteiger partial charge in [0.2, 0.25) is 0 Å². The van der Waals surface area contributed by atoms with Gasteiger partial charge in [0.05, 0.1) is 13.7 Å². The predicted octanol–water partition coefficient (Wildman–Crippen LogP) is 3.00. The van der Waals surface area contributed by atoms with Gasteiger partial charge in [0.15, 0.2) is 0 Å². The summed E-state index contributed by atoms with van der Waals surface area (Å²) in [7, 11) is 1.57. The molecule has 1 rings (SSSR count). The zero-order valence-corrected chi connectivity index (χ0v) is 10.5. The zero-order valence-electron chi connectivity index (χ0n) is 9.70. The Morgan fingerprint density at radius 1 is 1.35 bits per heavy atom. The van der Waals surface area contributed by atoms with Crippen LogP contribution in [0.5, 0.6) is 5.75 Å². The van der Waals surface area contributed by atoms with E-state index < -0.39 is 6.43 Å². The minimum atomic E-state index is -2.35. The Morgan fingerprint density at radius 3 is 2.65 bits per heavy atom. The molecule has 0 aromatic heterocycles. The van der Waals surface area contributed by atoms with Crippen molar-refractivity contribution < 1.29 is 13.5 Å². The third-order valence-electron chi connectivity index (χ3n) is 2.38. The zero-order chi connectivity index (χ0) is 12.7. The average molecular weight is 264 g/mol. The SMILES string of the molecule is COc1ccccc1CN(CCCl)CC(F)F. The normalized spacial score (nSPS) is 11.2. The van der Waals surface area contributed by atoms with Gasteiger partial charge >= 0.3 is 0 Å². The maximum absolute atomic E-state index is 12.4. The van der Waals surface area contributed by atoms with Gasteiger partial charge in [-0.1, -0.05) is 18.2 Å². The van der Waals surface area contributed by atoms with E-state index in [4.69, 9.17) is 16.3 Å². The summed E-state index contributed by atoms with van der Waals surface area (Å²) in [6.45, 7) is 0.579.